The number of nitrogens with zero attached hydrogens (tertiary/aromatic N) is 4. The van der Waals surface area contributed by atoms with Gasteiger partial charge in [-0.2, -0.15) is 0 Å². The highest BCUT2D eigenvalue weighted by Crippen LogP contribution is 2.46. The molecule has 296 valence electrons. The Bertz CT molecular complexity index is 2260. The molecule has 0 saturated carbocycles. The van der Waals surface area contributed by atoms with Crippen molar-refractivity contribution >= 4 is 83.7 Å². The first-order chi connectivity index (χ1) is 25.6. The SMILES string of the molecule is Cc1c(C)c(C)c2c(c1C)C(=Cc1c(C)c(C)c(C)n1C)C(=O)N2C(C)N(C)C.Cc1c(C)c(C)c2c(c1C)NC(=O)C2=Cc1c(C)c(C)c(C)n1C.II. The van der Waals surface area contributed by atoms with Crippen LogP contribution in [0.1, 0.15) is 108 Å². The predicted molar refractivity (Wildman–Crippen MR) is 253 cm³/mol. The van der Waals surface area contributed by atoms with Crippen molar-refractivity contribution in [1.29, 1.82) is 0 Å². The Morgan fingerprint density at radius 2 is 0.945 bits per heavy atom. The average molecular weight is 970 g/mol. The zero-order valence-corrected chi connectivity index (χ0v) is 40.9. The van der Waals surface area contributed by atoms with Gasteiger partial charge in [-0.1, -0.05) is 0 Å². The second-order valence-corrected chi connectivity index (χ2v) is 15.9. The molecule has 9 heteroatoms. The van der Waals surface area contributed by atoms with E-state index in [2.05, 4.69) is 187 Å². The number of anilines is 2. The van der Waals surface area contributed by atoms with E-state index >= 15 is 0 Å². The molecule has 7 nitrogen and oxygen atoms in total. The van der Waals surface area contributed by atoms with Gasteiger partial charge >= 0.3 is 0 Å². The Morgan fingerprint density at radius 1 is 0.545 bits per heavy atom. The zero-order chi connectivity index (χ0) is 41.9. The molecule has 2 aromatic heterocycles. The number of nitrogens with one attached hydrogen (secondary N) is 1. The minimum Gasteiger partial charge on any atom is -0.348 e. The van der Waals surface area contributed by atoms with E-state index in [0.717, 1.165) is 45.0 Å². The molecule has 0 bridgehead atoms. The lowest BCUT2D eigenvalue weighted by Gasteiger charge is -2.32. The average Bonchev–Trinajstić information content (AvgIpc) is 3.77. The van der Waals surface area contributed by atoms with E-state index < -0.39 is 0 Å². The third-order valence-electron chi connectivity index (χ3n) is 13.4. The lowest BCUT2D eigenvalue weighted by atomic mass is 9.90. The van der Waals surface area contributed by atoms with Crippen molar-refractivity contribution in [2.24, 2.45) is 14.1 Å². The summed E-state index contributed by atoms with van der Waals surface area (Å²) in [6, 6.07) is 0. The first-order valence-corrected chi connectivity index (χ1v) is 25.2. The largest absolute Gasteiger partial charge is 0.348 e. The van der Waals surface area contributed by atoms with Gasteiger partial charge in [0.05, 0.1) is 28.7 Å². The number of carbonyl (C=O) groups is 2. The number of carbonyl (C=O) groups excluding carboxylic acids is 2. The fraction of sp³-hybridized carbons (Fsp3) is 0.435. The van der Waals surface area contributed by atoms with Crippen molar-refractivity contribution < 1.29 is 9.59 Å². The van der Waals surface area contributed by atoms with Crippen LogP contribution >= 0.6 is 37.2 Å². The van der Waals surface area contributed by atoms with Gasteiger partial charge in [-0.15, -0.1) is 0 Å². The van der Waals surface area contributed by atoms with E-state index in [9.17, 15) is 9.59 Å². The van der Waals surface area contributed by atoms with Crippen molar-refractivity contribution in [3.8, 4) is 0 Å². The van der Waals surface area contributed by atoms with Gasteiger partial charge in [0.1, 0.15) is 0 Å². The molecule has 0 spiro atoms. The maximum absolute atomic E-state index is 13.8. The Balaban J connectivity index is 0.000000238. The third kappa shape index (κ3) is 7.31. The second-order valence-electron chi connectivity index (χ2n) is 15.9. The smallest absolute Gasteiger partial charge is 0.260 e. The van der Waals surface area contributed by atoms with Gasteiger partial charge in [0, 0.05) is 85.2 Å². The molecular formula is C46H61I2N5O2. The van der Waals surface area contributed by atoms with Crippen LogP contribution in [0.2, 0.25) is 0 Å². The molecule has 1 N–H and O–H groups in total. The molecule has 0 radical (unpaired) electrons. The van der Waals surface area contributed by atoms with E-state index in [1.54, 1.807) is 0 Å². The summed E-state index contributed by atoms with van der Waals surface area (Å²) in [5, 5.41) is 3.09. The standard InChI is InChI=1S/C25H35N3O.C21H26N2O.I2/c1-13-14(2)18(6)24-23(17(13)5)21(25(29)28(24)20(8)26(9)10)12-22-16(4)15(3)19(7)27(22)11;1-10-11(2)15(6)20-19(14(10)5)17(21(24)22-20)9-18-13(4)12(3)16(7)23(18)8;1-2/h12,20H,1-11H3;9H,1-8H3,(H,22,24);. The molecule has 0 aliphatic carbocycles. The van der Waals surface area contributed by atoms with Gasteiger partial charge < -0.3 is 14.5 Å². The Morgan fingerprint density at radius 3 is 1.36 bits per heavy atom. The van der Waals surface area contributed by atoms with Crippen LogP contribution < -0.4 is 10.2 Å². The molecule has 0 saturated heterocycles. The lowest BCUT2D eigenvalue weighted by Crippen LogP contribution is -2.44. The molecule has 2 amide bonds. The number of hydrogen-bond acceptors (Lipinski definition) is 3. The van der Waals surface area contributed by atoms with Crippen LogP contribution in [0.5, 0.6) is 0 Å². The first kappa shape index (κ1) is 44.6. The molecule has 1 atom stereocenters. The summed E-state index contributed by atoms with van der Waals surface area (Å²) < 4.78 is 4.37. The van der Waals surface area contributed by atoms with E-state index in [-0.39, 0.29) is 18.0 Å². The van der Waals surface area contributed by atoms with Crippen molar-refractivity contribution in [2.45, 2.75) is 110 Å². The molecule has 2 aliphatic heterocycles. The van der Waals surface area contributed by atoms with Crippen LogP contribution in [0.4, 0.5) is 11.4 Å². The van der Waals surface area contributed by atoms with Gasteiger partial charge in [0.15, 0.2) is 0 Å². The van der Waals surface area contributed by atoms with Crippen molar-refractivity contribution in [2.75, 3.05) is 24.3 Å². The number of amides is 2. The molecule has 4 aromatic rings. The Labute approximate surface area is 354 Å². The van der Waals surface area contributed by atoms with Gasteiger partial charge in [-0.25, -0.2) is 0 Å². The summed E-state index contributed by atoms with van der Waals surface area (Å²) in [6.45, 7) is 32.0. The highest BCUT2D eigenvalue weighted by Gasteiger charge is 2.40. The summed E-state index contributed by atoms with van der Waals surface area (Å²) in [4.78, 5) is 30.5. The topological polar surface area (TPSA) is 62.5 Å². The maximum Gasteiger partial charge on any atom is 0.260 e. The number of benzene rings is 2. The van der Waals surface area contributed by atoms with Gasteiger partial charge in [-0.3, -0.25) is 19.4 Å². The van der Waals surface area contributed by atoms with Crippen LogP contribution in [0.3, 0.4) is 0 Å². The van der Waals surface area contributed by atoms with Crippen molar-refractivity contribution in [3.05, 3.63) is 101 Å². The van der Waals surface area contributed by atoms with Crippen molar-refractivity contribution in [3.63, 3.8) is 0 Å². The molecule has 4 heterocycles. The molecule has 2 aliphatic rings. The molecule has 1 unspecified atom stereocenters. The summed E-state index contributed by atoms with van der Waals surface area (Å²) in [7, 11) is 8.20. The quantitative estimate of drug-likeness (QED) is 0.164. The fourth-order valence-corrected chi connectivity index (χ4v) is 8.20. The second kappa shape index (κ2) is 16.7. The Hall–Kier alpha value is -3.16. The molecule has 6 rings (SSSR count). The van der Waals surface area contributed by atoms with Crippen LogP contribution in [0.15, 0.2) is 0 Å². The monoisotopic (exact) mass is 969 g/mol. The summed E-state index contributed by atoms with van der Waals surface area (Å²) in [5.74, 6) is 0.0883. The number of aromatic nitrogens is 2. The molecule has 2 aromatic carbocycles. The van der Waals surface area contributed by atoms with Crippen LogP contribution in [0, 0.1) is 96.9 Å². The van der Waals surface area contributed by atoms with E-state index in [1.165, 1.54) is 78.1 Å². The third-order valence-corrected chi connectivity index (χ3v) is 13.4. The van der Waals surface area contributed by atoms with E-state index in [1.807, 2.05) is 19.0 Å². The summed E-state index contributed by atoms with van der Waals surface area (Å²) in [5.41, 5.74) is 25.4. The van der Waals surface area contributed by atoms with Crippen LogP contribution in [-0.4, -0.2) is 46.1 Å². The number of rotatable bonds is 4. The van der Waals surface area contributed by atoms with Crippen molar-refractivity contribution in [1.82, 2.24) is 14.0 Å². The van der Waals surface area contributed by atoms with Crippen LogP contribution in [-0.2, 0) is 23.7 Å². The minimum absolute atomic E-state index is 0.00268. The minimum atomic E-state index is -0.0228. The number of hydrogen-bond donors (Lipinski definition) is 1. The summed E-state index contributed by atoms with van der Waals surface area (Å²) in [6.07, 6.45) is 4.14. The normalized spacial score (nSPS) is 15.3. The highest BCUT2D eigenvalue weighted by atomic mass is 128. The number of halogens is 2. The van der Waals surface area contributed by atoms with E-state index in [4.69, 9.17) is 0 Å². The molecule has 0 fully saturated rings. The Kier molecular flexibility index (Phi) is 13.6. The maximum atomic E-state index is 13.8. The molecule has 55 heavy (non-hydrogen) atoms. The highest BCUT2D eigenvalue weighted by molar-refractivity contribution is 15.0. The van der Waals surface area contributed by atoms with Gasteiger partial charge in [0.2, 0.25) is 0 Å². The van der Waals surface area contributed by atoms with Gasteiger partial charge in [0.25, 0.3) is 11.8 Å². The van der Waals surface area contributed by atoms with Gasteiger partial charge in [-0.05, 0) is 197 Å². The van der Waals surface area contributed by atoms with E-state index in [0.29, 0.717) is 0 Å². The number of fused-ring (bicyclic) bond motifs is 2. The first-order valence-electron chi connectivity index (χ1n) is 18.9. The zero-order valence-electron chi connectivity index (χ0n) is 36.6. The summed E-state index contributed by atoms with van der Waals surface area (Å²) >= 11 is 4.24. The molecular weight excluding hydrogens is 908 g/mol. The fourth-order valence-electron chi connectivity index (χ4n) is 8.20. The predicted octanol–water partition coefficient (Wildman–Crippen LogP) is 11.4. The lowest BCUT2D eigenvalue weighted by molar-refractivity contribution is -0.114. The van der Waals surface area contributed by atoms with Crippen LogP contribution in [0.25, 0.3) is 23.3 Å².